The number of amides is 2. The molecule has 0 atom stereocenters. The number of nitrogens with zero attached hydrogens (tertiary/aromatic N) is 2. The van der Waals surface area contributed by atoms with E-state index in [2.05, 4.69) is 10.3 Å². The summed E-state index contributed by atoms with van der Waals surface area (Å²) in [5.74, 6) is -0.366. The lowest BCUT2D eigenvalue weighted by Crippen LogP contribution is -2.38. The summed E-state index contributed by atoms with van der Waals surface area (Å²) < 4.78 is 26.4. The van der Waals surface area contributed by atoms with Gasteiger partial charge in [0.1, 0.15) is 18.2 Å². The van der Waals surface area contributed by atoms with Crippen LogP contribution in [0.5, 0.6) is 0 Å². The standard InChI is InChI=1S/C18H16ClF2N3O/c19-15-10-14(4-3-13(15)11-20)23-18(25)24-8-5-12(6-9-24)17-16(21)2-1-7-22-17/h1-5,7,10H,6,8-9,11H2,(H,23,25). The average molecular weight is 364 g/mol. The zero-order valence-electron chi connectivity index (χ0n) is 13.3. The third-order valence-corrected chi connectivity index (χ3v) is 4.36. The molecule has 0 radical (unpaired) electrons. The second-order valence-electron chi connectivity index (χ2n) is 5.63. The highest BCUT2D eigenvalue weighted by Gasteiger charge is 2.20. The molecule has 0 fully saturated rings. The van der Waals surface area contributed by atoms with Crippen LogP contribution in [0.25, 0.3) is 5.57 Å². The van der Waals surface area contributed by atoms with Crippen molar-refractivity contribution in [3.05, 3.63) is 64.7 Å². The Balaban J connectivity index is 1.65. The molecule has 0 bridgehead atoms. The first-order valence-corrected chi connectivity index (χ1v) is 8.16. The van der Waals surface area contributed by atoms with Crippen LogP contribution in [-0.4, -0.2) is 29.0 Å². The van der Waals surface area contributed by atoms with Gasteiger partial charge < -0.3 is 10.2 Å². The third-order valence-electron chi connectivity index (χ3n) is 4.01. The fourth-order valence-corrected chi connectivity index (χ4v) is 2.86. The Bertz CT molecular complexity index is 826. The lowest BCUT2D eigenvalue weighted by atomic mass is 10.0. The average Bonchev–Trinajstić information content (AvgIpc) is 2.62. The van der Waals surface area contributed by atoms with Crippen LogP contribution >= 0.6 is 11.6 Å². The number of benzene rings is 1. The normalized spacial score (nSPS) is 14.2. The van der Waals surface area contributed by atoms with Crippen LogP contribution < -0.4 is 5.32 Å². The molecule has 0 saturated carbocycles. The van der Waals surface area contributed by atoms with E-state index in [1.165, 1.54) is 18.2 Å². The quantitative estimate of drug-likeness (QED) is 0.861. The van der Waals surface area contributed by atoms with E-state index in [0.717, 1.165) is 5.57 Å². The van der Waals surface area contributed by atoms with Crippen LogP contribution in [0.2, 0.25) is 5.02 Å². The van der Waals surface area contributed by atoms with Crippen molar-refractivity contribution < 1.29 is 13.6 Å². The van der Waals surface area contributed by atoms with E-state index >= 15 is 0 Å². The molecular formula is C18H16ClF2N3O. The Labute approximate surface area is 149 Å². The molecule has 1 aliphatic rings. The highest BCUT2D eigenvalue weighted by Crippen LogP contribution is 2.24. The van der Waals surface area contributed by atoms with Crippen molar-refractivity contribution in [1.82, 2.24) is 9.88 Å². The molecule has 2 aromatic rings. The minimum Gasteiger partial charge on any atom is -0.320 e. The van der Waals surface area contributed by atoms with Gasteiger partial charge in [-0.3, -0.25) is 4.98 Å². The van der Waals surface area contributed by atoms with E-state index in [-0.39, 0.29) is 16.9 Å². The van der Waals surface area contributed by atoms with E-state index in [1.54, 1.807) is 29.3 Å². The molecule has 130 valence electrons. The van der Waals surface area contributed by atoms with Crippen LogP contribution in [0.3, 0.4) is 0 Å². The number of rotatable bonds is 3. The summed E-state index contributed by atoms with van der Waals surface area (Å²) in [6, 6.07) is 7.28. The molecular weight excluding hydrogens is 348 g/mol. The number of nitrogens with one attached hydrogen (secondary N) is 1. The number of carbonyl (C=O) groups excluding carboxylic acids is 1. The molecule has 0 unspecified atom stereocenters. The van der Waals surface area contributed by atoms with Gasteiger partial charge in [-0.15, -0.1) is 0 Å². The second kappa shape index (κ2) is 7.61. The summed E-state index contributed by atoms with van der Waals surface area (Å²) >= 11 is 5.94. The molecule has 3 rings (SSSR count). The molecule has 1 N–H and O–H groups in total. The number of anilines is 1. The highest BCUT2D eigenvalue weighted by atomic mass is 35.5. The van der Waals surface area contributed by atoms with E-state index in [0.29, 0.717) is 36.5 Å². The Kier molecular flexibility index (Phi) is 5.28. The van der Waals surface area contributed by atoms with Crippen molar-refractivity contribution in [2.24, 2.45) is 0 Å². The van der Waals surface area contributed by atoms with Crippen LogP contribution in [0.1, 0.15) is 17.7 Å². The predicted octanol–water partition coefficient (Wildman–Crippen LogP) is 4.66. The molecule has 1 aromatic heterocycles. The second-order valence-corrected chi connectivity index (χ2v) is 6.04. The Morgan fingerprint density at radius 3 is 2.84 bits per heavy atom. The van der Waals surface area contributed by atoms with Gasteiger partial charge in [0.15, 0.2) is 0 Å². The zero-order valence-corrected chi connectivity index (χ0v) is 14.1. The van der Waals surface area contributed by atoms with Crippen molar-refractivity contribution in [3.8, 4) is 0 Å². The SMILES string of the molecule is O=C(Nc1ccc(CF)c(Cl)c1)N1CC=C(c2ncccc2F)CC1. The van der Waals surface area contributed by atoms with Crippen LogP contribution in [0.4, 0.5) is 19.3 Å². The maximum absolute atomic E-state index is 13.8. The van der Waals surface area contributed by atoms with Gasteiger partial charge in [-0.05, 0) is 36.3 Å². The van der Waals surface area contributed by atoms with E-state index < -0.39 is 6.67 Å². The maximum atomic E-state index is 13.8. The van der Waals surface area contributed by atoms with Gasteiger partial charge in [0.25, 0.3) is 0 Å². The summed E-state index contributed by atoms with van der Waals surface area (Å²) in [4.78, 5) is 18.0. The zero-order chi connectivity index (χ0) is 17.8. The lowest BCUT2D eigenvalue weighted by molar-refractivity contribution is 0.217. The van der Waals surface area contributed by atoms with Gasteiger partial charge in [-0.25, -0.2) is 13.6 Å². The van der Waals surface area contributed by atoms with Gasteiger partial charge in [-0.2, -0.15) is 0 Å². The minimum absolute atomic E-state index is 0.270. The fourth-order valence-electron chi connectivity index (χ4n) is 2.63. The molecule has 4 nitrogen and oxygen atoms in total. The number of halogens is 3. The molecule has 1 aromatic carbocycles. The Hall–Kier alpha value is -2.47. The summed E-state index contributed by atoms with van der Waals surface area (Å²) in [7, 11) is 0. The van der Waals surface area contributed by atoms with E-state index in [1.807, 2.05) is 0 Å². The lowest BCUT2D eigenvalue weighted by Gasteiger charge is -2.26. The number of carbonyl (C=O) groups is 1. The van der Waals surface area contributed by atoms with Crippen LogP contribution in [0, 0.1) is 5.82 Å². The number of alkyl halides is 1. The summed E-state index contributed by atoms with van der Waals surface area (Å²) in [5.41, 5.74) is 1.99. The topological polar surface area (TPSA) is 45.2 Å². The summed E-state index contributed by atoms with van der Waals surface area (Å²) in [6.07, 6.45) is 3.86. The van der Waals surface area contributed by atoms with Crippen LogP contribution in [-0.2, 0) is 6.67 Å². The van der Waals surface area contributed by atoms with Crippen molar-refractivity contribution in [1.29, 1.82) is 0 Å². The van der Waals surface area contributed by atoms with Crippen molar-refractivity contribution >= 4 is 28.9 Å². The molecule has 25 heavy (non-hydrogen) atoms. The number of hydrogen-bond acceptors (Lipinski definition) is 2. The Morgan fingerprint density at radius 2 is 2.20 bits per heavy atom. The first-order chi connectivity index (χ1) is 12.1. The largest absolute Gasteiger partial charge is 0.322 e. The summed E-state index contributed by atoms with van der Waals surface area (Å²) in [6.45, 7) is 0.147. The number of pyridine rings is 1. The van der Waals surface area contributed by atoms with Crippen molar-refractivity contribution in [2.75, 3.05) is 18.4 Å². The number of urea groups is 1. The molecule has 0 saturated heterocycles. The minimum atomic E-state index is -0.656. The highest BCUT2D eigenvalue weighted by molar-refractivity contribution is 6.31. The number of aromatic nitrogens is 1. The smallest absolute Gasteiger partial charge is 0.320 e. The van der Waals surface area contributed by atoms with E-state index in [4.69, 9.17) is 11.6 Å². The van der Waals surface area contributed by atoms with Gasteiger partial charge >= 0.3 is 6.03 Å². The maximum Gasteiger partial charge on any atom is 0.322 e. The first-order valence-electron chi connectivity index (χ1n) is 7.78. The summed E-state index contributed by atoms with van der Waals surface area (Å²) in [5, 5.41) is 3.00. The van der Waals surface area contributed by atoms with Gasteiger partial charge in [0, 0.05) is 35.6 Å². The van der Waals surface area contributed by atoms with Crippen molar-refractivity contribution in [2.45, 2.75) is 13.1 Å². The van der Waals surface area contributed by atoms with Gasteiger partial charge in [-0.1, -0.05) is 23.7 Å². The molecule has 2 amide bonds. The number of hydrogen-bond donors (Lipinski definition) is 1. The fraction of sp³-hybridized carbons (Fsp3) is 0.222. The van der Waals surface area contributed by atoms with Gasteiger partial charge in [0.2, 0.25) is 0 Å². The molecule has 0 aliphatic carbocycles. The Morgan fingerprint density at radius 1 is 1.36 bits per heavy atom. The van der Waals surface area contributed by atoms with Gasteiger partial charge in [0.05, 0.1) is 0 Å². The predicted molar refractivity (Wildman–Crippen MR) is 93.6 cm³/mol. The first kappa shape index (κ1) is 17.4. The van der Waals surface area contributed by atoms with Crippen LogP contribution in [0.15, 0.2) is 42.6 Å². The molecule has 1 aliphatic heterocycles. The third kappa shape index (κ3) is 3.96. The molecule has 0 spiro atoms. The molecule has 7 heteroatoms. The monoisotopic (exact) mass is 363 g/mol. The molecule has 2 heterocycles. The van der Waals surface area contributed by atoms with E-state index in [9.17, 15) is 13.6 Å². The van der Waals surface area contributed by atoms with Crippen molar-refractivity contribution in [3.63, 3.8) is 0 Å².